The van der Waals surface area contributed by atoms with Gasteiger partial charge in [-0.3, -0.25) is 9.80 Å². The molecule has 0 saturated carbocycles. The number of carbonyl (C=O) groups excluding carboxylic acids is 1. The highest BCUT2D eigenvalue weighted by atomic mass is 32.2. The summed E-state index contributed by atoms with van der Waals surface area (Å²) in [6, 6.07) is 0. The topological polar surface area (TPSA) is 57.7 Å². The van der Waals surface area contributed by atoms with Crippen LogP contribution in [0.4, 0.5) is 0 Å². The van der Waals surface area contributed by atoms with Crippen LogP contribution in [0.5, 0.6) is 0 Å². The number of hydrazine groups is 1. The average molecular weight is 180 g/mol. The third-order valence-electron chi connectivity index (χ3n) is 1.36. The quantitative estimate of drug-likeness (QED) is 0.526. The molecule has 0 radical (unpaired) electrons. The van der Waals surface area contributed by atoms with E-state index in [9.17, 15) is 13.2 Å². The lowest BCUT2D eigenvalue weighted by Gasteiger charge is -2.24. The highest BCUT2D eigenvalue weighted by Crippen LogP contribution is 1.97. The molecule has 11 heavy (non-hydrogen) atoms. The standard InChI is InChI=1S/C5H12N2O3S/c1-5(8)6(2)7(3)11(4,9)10/h1-4H3. The number of nitrogens with zero attached hydrogens (tertiary/aromatic N) is 2. The second-order valence-electron chi connectivity index (χ2n) is 2.24. The highest BCUT2D eigenvalue weighted by Gasteiger charge is 2.17. The van der Waals surface area contributed by atoms with Crippen molar-refractivity contribution >= 4 is 15.9 Å². The molecule has 0 spiro atoms. The van der Waals surface area contributed by atoms with Crippen molar-refractivity contribution in [1.29, 1.82) is 0 Å². The van der Waals surface area contributed by atoms with Crippen LogP contribution in [-0.2, 0) is 14.8 Å². The van der Waals surface area contributed by atoms with E-state index in [-0.39, 0.29) is 5.91 Å². The summed E-state index contributed by atoms with van der Waals surface area (Å²) in [5.74, 6) is -0.321. The summed E-state index contributed by atoms with van der Waals surface area (Å²) in [6.45, 7) is 1.29. The number of carbonyl (C=O) groups is 1. The Labute approximate surface area is 66.6 Å². The lowest BCUT2D eigenvalue weighted by atomic mass is 10.7. The molecule has 6 heteroatoms. The van der Waals surface area contributed by atoms with Gasteiger partial charge in [-0.25, -0.2) is 8.42 Å². The van der Waals surface area contributed by atoms with Crippen molar-refractivity contribution in [2.75, 3.05) is 20.4 Å². The van der Waals surface area contributed by atoms with Crippen LogP contribution in [0.25, 0.3) is 0 Å². The highest BCUT2D eigenvalue weighted by molar-refractivity contribution is 7.88. The van der Waals surface area contributed by atoms with Gasteiger partial charge in [0.05, 0.1) is 6.26 Å². The second-order valence-corrected chi connectivity index (χ2v) is 4.23. The Balaban J connectivity index is 4.51. The maximum Gasteiger partial charge on any atom is 0.234 e. The molecule has 0 saturated heterocycles. The Morgan fingerprint density at radius 2 is 1.64 bits per heavy atom. The largest absolute Gasteiger partial charge is 0.274 e. The van der Waals surface area contributed by atoms with Crippen LogP contribution in [0.15, 0.2) is 0 Å². The Hall–Kier alpha value is -0.620. The molecule has 0 aromatic rings. The van der Waals surface area contributed by atoms with E-state index in [0.717, 1.165) is 15.7 Å². The molecule has 0 fully saturated rings. The van der Waals surface area contributed by atoms with Crippen LogP contribution in [0.3, 0.4) is 0 Å². The molecule has 0 aliphatic rings. The van der Waals surface area contributed by atoms with Crippen LogP contribution >= 0.6 is 0 Å². The first-order valence-electron chi connectivity index (χ1n) is 2.95. The molecular weight excluding hydrogens is 168 g/mol. The minimum Gasteiger partial charge on any atom is -0.274 e. The molecule has 0 unspecified atom stereocenters. The van der Waals surface area contributed by atoms with Gasteiger partial charge in [0.1, 0.15) is 0 Å². The maximum absolute atomic E-state index is 10.8. The van der Waals surface area contributed by atoms with Crippen LogP contribution in [0, 0.1) is 0 Å². The fourth-order valence-electron chi connectivity index (χ4n) is 0.421. The molecular formula is C5H12N2O3S. The summed E-state index contributed by atoms with van der Waals surface area (Å²) in [6.07, 6.45) is 1.03. The zero-order valence-electron chi connectivity index (χ0n) is 7.03. The number of hydrogen-bond acceptors (Lipinski definition) is 3. The van der Waals surface area contributed by atoms with Crippen LogP contribution < -0.4 is 0 Å². The molecule has 1 amide bonds. The fourth-order valence-corrected chi connectivity index (χ4v) is 0.981. The lowest BCUT2D eigenvalue weighted by molar-refractivity contribution is -0.135. The van der Waals surface area contributed by atoms with E-state index in [1.807, 2.05) is 0 Å². The van der Waals surface area contributed by atoms with Gasteiger partial charge in [-0.2, -0.15) is 0 Å². The fraction of sp³-hybridized carbons (Fsp3) is 0.800. The van der Waals surface area contributed by atoms with Crippen molar-refractivity contribution in [3.63, 3.8) is 0 Å². The summed E-state index contributed by atoms with van der Waals surface area (Å²) in [7, 11) is -0.600. The van der Waals surface area contributed by atoms with Gasteiger partial charge in [0.25, 0.3) is 0 Å². The van der Waals surface area contributed by atoms with Gasteiger partial charge in [0, 0.05) is 21.0 Å². The number of amides is 1. The Morgan fingerprint density at radius 1 is 1.27 bits per heavy atom. The van der Waals surface area contributed by atoms with E-state index in [0.29, 0.717) is 0 Å². The summed E-state index contributed by atoms with van der Waals surface area (Å²) < 4.78 is 22.5. The molecule has 66 valence electrons. The summed E-state index contributed by atoms with van der Waals surface area (Å²) in [5, 5.41) is 1.02. The van der Waals surface area contributed by atoms with E-state index < -0.39 is 10.0 Å². The first-order valence-corrected chi connectivity index (χ1v) is 4.79. The van der Waals surface area contributed by atoms with Gasteiger partial charge in [-0.1, -0.05) is 0 Å². The third-order valence-corrected chi connectivity index (χ3v) is 2.56. The van der Waals surface area contributed by atoms with Gasteiger partial charge in [0.2, 0.25) is 15.9 Å². The van der Waals surface area contributed by atoms with E-state index in [1.54, 1.807) is 0 Å². The van der Waals surface area contributed by atoms with Crippen molar-refractivity contribution in [2.24, 2.45) is 0 Å². The smallest absolute Gasteiger partial charge is 0.234 e. The van der Waals surface area contributed by atoms with Crippen LogP contribution in [0.1, 0.15) is 6.92 Å². The van der Waals surface area contributed by atoms with Crippen molar-refractivity contribution in [1.82, 2.24) is 9.42 Å². The molecule has 0 heterocycles. The van der Waals surface area contributed by atoms with E-state index in [4.69, 9.17) is 0 Å². The first kappa shape index (κ1) is 10.4. The molecule has 0 N–H and O–H groups in total. The predicted octanol–water partition coefficient (Wildman–Crippen LogP) is -0.729. The molecule has 0 aliphatic heterocycles. The molecule has 0 atom stereocenters. The zero-order chi connectivity index (χ0) is 9.23. The van der Waals surface area contributed by atoms with Crippen molar-refractivity contribution in [3.05, 3.63) is 0 Å². The molecule has 0 aromatic heterocycles. The van der Waals surface area contributed by atoms with Gasteiger partial charge in [-0.05, 0) is 0 Å². The minimum atomic E-state index is -3.31. The van der Waals surface area contributed by atoms with Crippen LogP contribution in [0.2, 0.25) is 0 Å². The number of sulfonamides is 1. The van der Waals surface area contributed by atoms with Crippen LogP contribution in [-0.4, -0.2) is 44.1 Å². The Kier molecular flexibility index (Phi) is 3.01. The zero-order valence-corrected chi connectivity index (χ0v) is 7.84. The van der Waals surface area contributed by atoms with E-state index in [2.05, 4.69) is 0 Å². The van der Waals surface area contributed by atoms with Crippen molar-refractivity contribution < 1.29 is 13.2 Å². The minimum absolute atomic E-state index is 0.321. The number of hydrogen-bond donors (Lipinski definition) is 0. The van der Waals surface area contributed by atoms with Gasteiger partial charge >= 0.3 is 0 Å². The lowest BCUT2D eigenvalue weighted by Crippen LogP contribution is -2.43. The molecule has 0 aliphatic carbocycles. The third kappa shape index (κ3) is 2.85. The number of rotatable bonds is 2. The normalized spacial score (nSPS) is 11.7. The Morgan fingerprint density at radius 3 is 1.73 bits per heavy atom. The molecule has 0 aromatic carbocycles. The molecule has 0 rings (SSSR count). The van der Waals surface area contributed by atoms with Gasteiger partial charge < -0.3 is 0 Å². The first-order chi connectivity index (χ1) is 4.76. The summed E-state index contributed by atoms with van der Waals surface area (Å²) >= 11 is 0. The SMILES string of the molecule is CC(=O)N(C)N(C)S(C)(=O)=O. The molecule has 5 nitrogen and oxygen atoms in total. The summed E-state index contributed by atoms with van der Waals surface area (Å²) in [5.41, 5.74) is 0. The molecule has 0 bridgehead atoms. The van der Waals surface area contributed by atoms with Crippen molar-refractivity contribution in [2.45, 2.75) is 6.92 Å². The predicted molar refractivity (Wildman–Crippen MR) is 41.1 cm³/mol. The van der Waals surface area contributed by atoms with E-state index in [1.165, 1.54) is 21.0 Å². The Bertz CT molecular complexity index is 246. The van der Waals surface area contributed by atoms with Gasteiger partial charge in [-0.15, -0.1) is 4.41 Å². The van der Waals surface area contributed by atoms with Gasteiger partial charge in [0.15, 0.2) is 0 Å². The van der Waals surface area contributed by atoms with Crippen molar-refractivity contribution in [3.8, 4) is 0 Å². The van der Waals surface area contributed by atoms with E-state index >= 15 is 0 Å². The maximum atomic E-state index is 10.8. The summed E-state index contributed by atoms with van der Waals surface area (Å²) in [4.78, 5) is 10.7. The monoisotopic (exact) mass is 180 g/mol. The average Bonchev–Trinajstić information content (AvgIpc) is 1.82. The second kappa shape index (κ2) is 3.19.